The molecule has 0 aliphatic heterocycles. The average molecular weight is 339 g/mol. The summed E-state index contributed by atoms with van der Waals surface area (Å²) in [6.07, 6.45) is 0.901. The summed E-state index contributed by atoms with van der Waals surface area (Å²) >= 11 is 0. The van der Waals surface area contributed by atoms with Crippen molar-refractivity contribution in [1.82, 2.24) is 4.90 Å². The minimum atomic E-state index is -4.36. The molecule has 0 N–H and O–H groups in total. The third-order valence-corrected chi connectivity index (χ3v) is 3.84. The fourth-order valence-electron chi connectivity index (χ4n) is 2.34. The molecule has 0 aromatic heterocycles. The van der Waals surface area contributed by atoms with Crippen LogP contribution in [0.1, 0.15) is 44.2 Å². The lowest BCUT2D eigenvalue weighted by atomic mass is 9.98. The zero-order valence-electron chi connectivity index (χ0n) is 14.6. The molecule has 0 unspecified atom stereocenters. The smallest absolute Gasteiger partial charge is 0.349 e. The first-order valence-electron chi connectivity index (χ1n) is 7.95. The number of carbonyl (C=O) groups is 1. The predicted molar refractivity (Wildman–Crippen MR) is 91.4 cm³/mol. The van der Waals surface area contributed by atoms with Crippen LogP contribution in [0.25, 0.3) is 6.08 Å². The maximum absolute atomic E-state index is 12.8. The second-order valence-electron chi connectivity index (χ2n) is 5.76. The van der Waals surface area contributed by atoms with Gasteiger partial charge >= 0.3 is 6.18 Å². The molecule has 2 nitrogen and oxygen atoms in total. The Labute approximate surface area is 141 Å². The molecule has 0 aliphatic carbocycles. The van der Waals surface area contributed by atoms with Crippen LogP contribution >= 0.6 is 0 Å². The highest BCUT2D eigenvalue weighted by atomic mass is 19.4. The Balaban J connectivity index is 3.13. The second-order valence-corrected chi connectivity index (χ2v) is 5.76. The second kappa shape index (κ2) is 8.71. The number of benzene rings is 1. The number of hydrogen-bond acceptors (Lipinski definition) is 1. The standard InChI is InChI=1S/C19H24F3NO/c1-5-15(6-2)16(13-18(24)23(3)4)11-10-14-8-7-9-17(12-14)19(20,21)22/h7-12H,5-6,13H2,1-4H3/b11-10+. The van der Waals surface area contributed by atoms with Crippen LogP contribution in [-0.4, -0.2) is 24.9 Å². The van der Waals surface area contributed by atoms with Gasteiger partial charge in [0.2, 0.25) is 5.91 Å². The lowest BCUT2D eigenvalue weighted by Crippen LogP contribution is -2.21. The van der Waals surface area contributed by atoms with Crippen molar-refractivity contribution in [3.8, 4) is 0 Å². The summed E-state index contributed by atoms with van der Waals surface area (Å²) in [6.45, 7) is 4.02. The van der Waals surface area contributed by atoms with Crippen molar-refractivity contribution in [3.05, 3.63) is 52.6 Å². The third-order valence-electron chi connectivity index (χ3n) is 3.84. The number of halogens is 3. The number of alkyl halides is 3. The fourth-order valence-corrected chi connectivity index (χ4v) is 2.34. The van der Waals surface area contributed by atoms with Crippen LogP contribution in [0.15, 0.2) is 41.5 Å². The largest absolute Gasteiger partial charge is 0.416 e. The number of allylic oxidation sites excluding steroid dienone is 2. The summed E-state index contributed by atoms with van der Waals surface area (Å²) in [5, 5.41) is 0. The molecule has 0 aliphatic rings. The lowest BCUT2D eigenvalue weighted by molar-refractivity contribution is -0.137. The molecule has 0 atom stereocenters. The van der Waals surface area contributed by atoms with Gasteiger partial charge in [-0.1, -0.05) is 43.7 Å². The molecule has 1 aromatic rings. The molecule has 0 spiro atoms. The Bertz CT molecular complexity index is 622. The minimum Gasteiger partial charge on any atom is -0.349 e. The van der Waals surface area contributed by atoms with E-state index in [4.69, 9.17) is 0 Å². The Kier molecular flexibility index (Phi) is 7.26. The monoisotopic (exact) mass is 339 g/mol. The maximum Gasteiger partial charge on any atom is 0.416 e. The van der Waals surface area contributed by atoms with E-state index in [9.17, 15) is 18.0 Å². The predicted octanol–water partition coefficient (Wildman–Crippen LogP) is 5.31. The van der Waals surface area contributed by atoms with E-state index in [-0.39, 0.29) is 12.3 Å². The molecule has 0 heterocycles. The Hall–Kier alpha value is -2.04. The topological polar surface area (TPSA) is 20.3 Å². The number of hydrogen-bond donors (Lipinski definition) is 0. The summed E-state index contributed by atoms with van der Waals surface area (Å²) in [4.78, 5) is 13.5. The van der Waals surface area contributed by atoms with E-state index in [1.807, 2.05) is 13.8 Å². The summed E-state index contributed by atoms with van der Waals surface area (Å²) in [5.74, 6) is -0.0295. The van der Waals surface area contributed by atoms with E-state index in [1.54, 1.807) is 32.3 Å². The van der Waals surface area contributed by atoms with Gasteiger partial charge in [-0.2, -0.15) is 13.2 Å². The first-order chi connectivity index (χ1) is 11.2. The number of rotatable bonds is 6. The molecule has 1 aromatic carbocycles. The van der Waals surface area contributed by atoms with Gasteiger partial charge in [0.25, 0.3) is 0 Å². The van der Waals surface area contributed by atoms with Crippen LogP contribution in [0.2, 0.25) is 0 Å². The Morgan fingerprint density at radius 1 is 1.17 bits per heavy atom. The number of carbonyl (C=O) groups excluding carboxylic acids is 1. The molecule has 132 valence electrons. The normalized spacial score (nSPS) is 11.6. The third kappa shape index (κ3) is 5.87. The van der Waals surface area contributed by atoms with Gasteiger partial charge in [-0.15, -0.1) is 0 Å². The molecule has 5 heteroatoms. The Morgan fingerprint density at radius 3 is 2.29 bits per heavy atom. The molecular weight excluding hydrogens is 315 g/mol. The van der Waals surface area contributed by atoms with Crippen molar-refractivity contribution < 1.29 is 18.0 Å². The summed E-state index contributed by atoms with van der Waals surface area (Å²) in [5.41, 5.74) is 1.79. The van der Waals surface area contributed by atoms with E-state index in [0.29, 0.717) is 5.56 Å². The van der Waals surface area contributed by atoms with Crippen molar-refractivity contribution in [2.24, 2.45) is 0 Å². The van der Waals surface area contributed by atoms with Gasteiger partial charge in [0.15, 0.2) is 0 Å². The van der Waals surface area contributed by atoms with E-state index in [2.05, 4.69) is 0 Å². The quantitative estimate of drug-likeness (QED) is 0.643. The number of amides is 1. The number of nitrogens with zero attached hydrogens (tertiary/aromatic N) is 1. The maximum atomic E-state index is 12.8. The van der Waals surface area contributed by atoms with Gasteiger partial charge in [-0.3, -0.25) is 4.79 Å². The molecule has 1 rings (SSSR count). The first kappa shape index (κ1) is 20.0. The molecular formula is C19H24F3NO. The van der Waals surface area contributed by atoms with Crippen LogP contribution in [0, 0.1) is 0 Å². The van der Waals surface area contributed by atoms with Crippen molar-refractivity contribution in [1.29, 1.82) is 0 Å². The molecule has 0 fully saturated rings. The summed E-state index contributed by atoms with van der Waals surface area (Å²) in [6, 6.07) is 5.17. The lowest BCUT2D eigenvalue weighted by Gasteiger charge is -2.14. The fraction of sp³-hybridized carbons (Fsp3) is 0.421. The molecule has 0 radical (unpaired) electrons. The average Bonchev–Trinajstić information content (AvgIpc) is 2.52. The first-order valence-corrected chi connectivity index (χ1v) is 7.95. The Morgan fingerprint density at radius 2 is 1.79 bits per heavy atom. The van der Waals surface area contributed by atoms with E-state index in [1.165, 1.54) is 11.0 Å². The molecule has 0 saturated carbocycles. The van der Waals surface area contributed by atoms with Crippen molar-refractivity contribution in [2.75, 3.05) is 14.1 Å². The minimum absolute atomic E-state index is 0.0295. The van der Waals surface area contributed by atoms with Crippen LogP contribution in [0.4, 0.5) is 13.2 Å². The van der Waals surface area contributed by atoms with Crippen LogP contribution in [-0.2, 0) is 11.0 Å². The van der Waals surface area contributed by atoms with Gasteiger partial charge in [0.1, 0.15) is 0 Å². The SMILES string of the molecule is CCC(CC)=C(/C=C/c1cccc(C(F)(F)F)c1)CC(=O)N(C)C. The highest BCUT2D eigenvalue weighted by Gasteiger charge is 2.30. The zero-order valence-corrected chi connectivity index (χ0v) is 14.6. The summed E-state index contributed by atoms with van der Waals surface area (Å²) in [7, 11) is 3.38. The molecule has 24 heavy (non-hydrogen) atoms. The van der Waals surface area contributed by atoms with Gasteiger partial charge in [-0.25, -0.2) is 0 Å². The van der Waals surface area contributed by atoms with Crippen molar-refractivity contribution in [3.63, 3.8) is 0 Å². The molecule has 1 amide bonds. The van der Waals surface area contributed by atoms with Crippen LogP contribution in [0.3, 0.4) is 0 Å². The van der Waals surface area contributed by atoms with Crippen LogP contribution in [0.5, 0.6) is 0 Å². The van der Waals surface area contributed by atoms with Gasteiger partial charge in [0.05, 0.1) is 12.0 Å². The summed E-state index contributed by atoms with van der Waals surface area (Å²) < 4.78 is 38.3. The highest BCUT2D eigenvalue weighted by Crippen LogP contribution is 2.30. The van der Waals surface area contributed by atoms with Crippen molar-refractivity contribution in [2.45, 2.75) is 39.3 Å². The molecule has 0 bridgehead atoms. The van der Waals surface area contributed by atoms with E-state index in [0.717, 1.165) is 36.1 Å². The van der Waals surface area contributed by atoms with Crippen molar-refractivity contribution >= 4 is 12.0 Å². The van der Waals surface area contributed by atoms with Gasteiger partial charge in [0, 0.05) is 14.1 Å². The highest BCUT2D eigenvalue weighted by molar-refractivity contribution is 5.79. The van der Waals surface area contributed by atoms with Gasteiger partial charge in [-0.05, 0) is 36.1 Å². The molecule has 0 saturated heterocycles. The van der Waals surface area contributed by atoms with E-state index < -0.39 is 11.7 Å². The van der Waals surface area contributed by atoms with Crippen LogP contribution < -0.4 is 0 Å². The zero-order chi connectivity index (χ0) is 18.3. The van der Waals surface area contributed by atoms with Gasteiger partial charge < -0.3 is 4.90 Å². The van der Waals surface area contributed by atoms with E-state index >= 15 is 0 Å².